The van der Waals surface area contributed by atoms with Crippen LogP contribution in [0.4, 0.5) is 13.2 Å². The minimum Gasteiger partial charge on any atom is -0.383 e. The molecule has 0 saturated heterocycles. The zero-order chi connectivity index (χ0) is 12.3. The number of aliphatic hydroxyl groups excluding tert-OH is 1. The molecule has 0 spiro atoms. The Labute approximate surface area is 95.1 Å². The number of hydrogen-bond acceptors (Lipinski definition) is 4. The van der Waals surface area contributed by atoms with Crippen LogP contribution in [0.5, 0.6) is 0 Å². The van der Waals surface area contributed by atoms with Crippen LogP contribution in [0.3, 0.4) is 0 Å². The van der Waals surface area contributed by atoms with Crippen LogP contribution in [-0.4, -0.2) is 33.1 Å². The van der Waals surface area contributed by atoms with E-state index in [0.29, 0.717) is 11.4 Å². The summed E-state index contributed by atoms with van der Waals surface area (Å²) >= 11 is 0.792. The number of aliphatic hydroxyl groups is 1. The van der Waals surface area contributed by atoms with Crippen LogP contribution in [0.15, 0.2) is 11.2 Å². The zero-order valence-corrected chi connectivity index (χ0v) is 9.56. The fourth-order valence-corrected chi connectivity index (χ4v) is 1.92. The van der Waals surface area contributed by atoms with Crippen molar-refractivity contribution in [2.75, 3.05) is 5.75 Å². The fraction of sp³-hybridized carbons (Fsp3) is 0.556. The van der Waals surface area contributed by atoms with Crippen LogP contribution in [0.25, 0.3) is 0 Å². The van der Waals surface area contributed by atoms with E-state index in [9.17, 15) is 13.2 Å². The lowest BCUT2D eigenvalue weighted by molar-refractivity contribution is -0.195. The van der Waals surface area contributed by atoms with Gasteiger partial charge < -0.3 is 5.11 Å². The summed E-state index contributed by atoms with van der Waals surface area (Å²) in [6.45, 7) is 3.47. The average Bonchev–Trinajstić information content (AvgIpc) is 2.11. The first-order valence-electron chi connectivity index (χ1n) is 4.49. The van der Waals surface area contributed by atoms with Crippen molar-refractivity contribution in [1.82, 2.24) is 9.97 Å². The molecule has 1 aromatic rings. The number of aromatic nitrogens is 2. The molecule has 1 rings (SSSR count). The van der Waals surface area contributed by atoms with E-state index in [2.05, 4.69) is 9.97 Å². The Kier molecular flexibility index (Phi) is 4.15. The molecule has 0 aliphatic carbocycles. The largest absolute Gasteiger partial charge is 0.415 e. The molecule has 0 amide bonds. The van der Waals surface area contributed by atoms with Crippen LogP contribution in [0, 0.1) is 13.8 Å². The molecule has 3 nitrogen and oxygen atoms in total. The average molecular weight is 252 g/mol. The Hall–Kier alpha value is -0.820. The third-order valence-electron chi connectivity index (χ3n) is 1.71. The number of aryl methyl sites for hydroxylation is 2. The SMILES string of the molecule is Cc1cc(C)nc(SCC(O)C(F)(F)F)n1. The molecule has 0 saturated carbocycles. The highest BCUT2D eigenvalue weighted by atomic mass is 32.2. The van der Waals surface area contributed by atoms with Crippen molar-refractivity contribution in [1.29, 1.82) is 0 Å². The van der Waals surface area contributed by atoms with Gasteiger partial charge in [-0.3, -0.25) is 0 Å². The molecule has 0 fully saturated rings. The van der Waals surface area contributed by atoms with Gasteiger partial charge in [0.1, 0.15) is 0 Å². The van der Waals surface area contributed by atoms with E-state index in [1.165, 1.54) is 0 Å². The molecule has 0 aromatic carbocycles. The van der Waals surface area contributed by atoms with E-state index >= 15 is 0 Å². The van der Waals surface area contributed by atoms with E-state index in [1.54, 1.807) is 19.9 Å². The fourth-order valence-electron chi connectivity index (χ4n) is 1.01. The Morgan fingerprint density at radius 2 is 1.81 bits per heavy atom. The minimum absolute atomic E-state index is 0.251. The Morgan fingerprint density at radius 1 is 1.31 bits per heavy atom. The van der Waals surface area contributed by atoms with Gasteiger partial charge >= 0.3 is 6.18 Å². The summed E-state index contributed by atoms with van der Waals surface area (Å²) < 4.78 is 36.0. The highest BCUT2D eigenvalue weighted by molar-refractivity contribution is 7.99. The van der Waals surface area contributed by atoms with Crippen molar-refractivity contribution >= 4 is 11.8 Å². The second-order valence-electron chi connectivity index (χ2n) is 3.30. The maximum atomic E-state index is 12.0. The third kappa shape index (κ3) is 3.97. The van der Waals surface area contributed by atoms with E-state index < -0.39 is 18.0 Å². The lowest BCUT2D eigenvalue weighted by Gasteiger charge is -2.13. The second kappa shape index (κ2) is 5.01. The summed E-state index contributed by atoms with van der Waals surface area (Å²) in [6.07, 6.45) is -6.94. The van der Waals surface area contributed by atoms with E-state index in [4.69, 9.17) is 5.11 Å². The predicted octanol–water partition coefficient (Wildman–Crippen LogP) is 2.11. The molecule has 7 heteroatoms. The molecule has 0 bridgehead atoms. The van der Waals surface area contributed by atoms with Crippen LogP contribution in [0.2, 0.25) is 0 Å². The van der Waals surface area contributed by atoms with Crippen molar-refractivity contribution in [3.8, 4) is 0 Å². The van der Waals surface area contributed by atoms with Crippen molar-refractivity contribution < 1.29 is 18.3 Å². The van der Waals surface area contributed by atoms with Crippen LogP contribution < -0.4 is 0 Å². The van der Waals surface area contributed by atoms with Crippen molar-refractivity contribution in [2.24, 2.45) is 0 Å². The first kappa shape index (κ1) is 13.2. The summed E-state index contributed by atoms with van der Waals surface area (Å²) in [7, 11) is 0. The maximum Gasteiger partial charge on any atom is 0.415 e. The van der Waals surface area contributed by atoms with Gasteiger partial charge in [-0.15, -0.1) is 0 Å². The summed E-state index contributed by atoms with van der Waals surface area (Å²) in [5, 5.41) is 9.03. The Balaban J connectivity index is 2.61. The van der Waals surface area contributed by atoms with Crippen molar-refractivity contribution in [2.45, 2.75) is 31.3 Å². The quantitative estimate of drug-likeness (QED) is 0.661. The minimum atomic E-state index is -4.59. The number of alkyl halides is 3. The van der Waals surface area contributed by atoms with Crippen molar-refractivity contribution in [3.05, 3.63) is 17.5 Å². The van der Waals surface area contributed by atoms with Gasteiger partial charge in [0, 0.05) is 17.1 Å². The normalized spacial score (nSPS) is 13.9. The molecule has 0 aliphatic rings. The lowest BCUT2D eigenvalue weighted by Crippen LogP contribution is -2.30. The van der Waals surface area contributed by atoms with E-state index in [-0.39, 0.29) is 5.16 Å². The summed E-state index contributed by atoms with van der Waals surface area (Å²) in [6, 6.07) is 1.73. The summed E-state index contributed by atoms with van der Waals surface area (Å²) in [5.74, 6) is -0.494. The lowest BCUT2D eigenvalue weighted by atomic mass is 10.4. The van der Waals surface area contributed by atoms with E-state index in [1.807, 2.05) is 0 Å². The molecule has 16 heavy (non-hydrogen) atoms. The van der Waals surface area contributed by atoms with Gasteiger partial charge in [0.15, 0.2) is 11.3 Å². The van der Waals surface area contributed by atoms with Gasteiger partial charge in [-0.25, -0.2) is 9.97 Å². The molecule has 1 atom stereocenters. The molecule has 90 valence electrons. The van der Waals surface area contributed by atoms with Gasteiger partial charge in [-0.2, -0.15) is 13.2 Å². The topological polar surface area (TPSA) is 46.0 Å². The monoisotopic (exact) mass is 252 g/mol. The number of halogens is 3. The third-order valence-corrected chi connectivity index (χ3v) is 2.63. The standard InChI is InChI=1S/C9H11F3N2OS/c1-5-3-6(2)14-8(13-5)16-4-7(15)9(10,11)12/h3,7,15H,4H2,1-2H3. The van der Waals surface area contributed by atoms with Gasteiger partial charge in [-0.05, 0) is 19.9 Å². The van der Waals surface area contributed by atoms with Crippen LogP contribution >= 0.6 is 11.8 Å². The highest BCUT2D eigenvalue weighted by Gasteiger charge is 2.38. The second-order valence-corrected chi connectivity index (χ2v) is 4.29. The number of thioether (sulfide) groups is 1. The number of rotatable bonds is 3. The molecular formula is C9H11F3N2OS. The molecule has 1 heterocycles. The summed E-state index contributed by atoms with van der Waals surface area (Å²) in [5.41, 5.74) is 1.38. The van der Waals surface area contributed by atoms with Gasteiger partial charge in [0.25, 0.3) is 0 Å². The van der Waals surface area contributed by atoms with Crippen molar-refractivity contribution in [3.63, 3.8) is 0 Å². The maximum absolute atomic E-state index is 12.0. The van der Waals surface area contributed by atoms with Gasteiger partial charge in [-0.1, -0.05) is 11.8 Å². The highest BCUT2D eigenvalue weighted by Crippen LogP contribution is 2.25. The smallest absolute Gasteiger partial charge is 0.383 e. The Morgan fingerprint density at radius 3 is 2.25 bits per heavy atom. The van der Waals surface area contributed by atoms with Crippen LogP contribution in [0.1, 0.15) is 11.4 Å². The van der Waals surface area contributed by atoms with Gasteiger partial charge in [0.05, 0.1) is 0 Å². The summed E-state index contributed by atoms with van der Waals surface area (Å²) in [4.78, 5) is 7.92. The number of nitrogens with zero attached hydrogens (tertiary/aromatic N) is 2. The molecule has 1 N–H and O–H groups in total. The first-order chi connectivity index (χ1) is 7.29. The molecule has 1 aromatic heterocycles. The molecular weight excluding hydrogens is 241 g/mol. The first-order valence-corrected chi connectivity index (χ1v) is 5.47. The molecule has 1 unspecified atom stereocenters. The number of hydrogen-bond donors (Lipinski definition) is 1. The zero-order valence-electron chi connectivity index (χ0n) is 8.75. The molecule has 0 aliphatic heterocycles. The predicted molar refractivity (Wildman–Crippen MR) is 54.3 cm³/mol. The van der Waals surface area contributed by atoms with E-state index in [0.717, 1.165) is 11.8 Å². The Bertz CT molecular complexity index is 350. The van der Waals surface area contributed by atoms with Crippen LogP contribution in [-0.2, 0) is 0 Å². The molecule has 0 radical (unpaired) electrons. The van der Waals surface area contributed by atoms with Gasteiger partial charge in [0.2, 0.25) is 0 Å².